The summed E-state index contributed by atoms with van der Waals surface area (Å²) in [5.74, 6) is 0.959. The maximum atomic E-state index is 4.86. The van der Waals surface area contributed by atoms with E-state index in [0.717, 1.165) is 58.7 Å². The van der Waals surface area contributed by atoms with Crippen molar-refractivity contribution in [2.75, 3.05) is 18.0 Å². The first-order valence-corrected chi connectivity index (χ1v) is 8.43. The van der Waals surface area contributed by atoms with Gasteiger partial charge in [-0.05, 0) is 27.7 Å². The molecule has 0 saturated heterocycles. The molecule has 0 fully saturated rings. The SMILES string of the molecule is CCN(CC)c1nc2cc(C)nn2c2c1cnc1c2cnn1CC. The molecule has 0 radical (unpaired) electrons. The Morgan fingerprint density at radius 3 is 2.58 bits per heavy atom. The molecule has 4 rings (SSSR count). The van der Waals surface area contributed by atoms with E-state index in [-0.39, 0.29) is 0 Å². The molecule has 124 valence electrons. The number of pyridine rings is 1. The monoisotopic (exact) mass is 323 g/mol. The second kappa shape index (κ2) is 5.43. The smallest absolute Gasteiger partial charge is 0.159 e. The van der Waals surface area contributed by atoms with E-state index in [2.05, 4.69) is 40.9 Å². The van der Waals surface area contributed by atoms with Crippen LogP contribution in [-0.2, 0) is 6.54 Å². The molecule has 0 saturated carbocycles. The number of anilines is 1. The van der Waals surface area contributed by atoms with Crippen LogP contribution in [0.25, 0.3) is 27.6 Å². The van der Waals surface area contributed by atoms with Gasteiger partial charge in [-0.3, -0.25) is 0 Å². The molecule has 0 aromatic carbocycles. The van der Waals surface area contributed by atoms with E-state index in [4.69, 9.17) is 4.98 Å². The van der Waals surface area contributed by atoms with Gasteiger partial charge in [0.1, 0.15) is 5.82 Å². The van der Waals surface area contributed by atoms with Gasteiger partial charge in [-0.1, -0.05) is 0 Å². The molecule has 4 aromatic heterocycles. The first-order valence-electron chi connectivity index (χ1n) is 8.43. The topological polar surface area (TPSA) is 64.1 Å². The number of aromatic nitrogens is 6. The summed E-state index contributed by atoms with van der Waals surface area (Å²) in [5, 5.41) is 11.1. The van der Waals surface area contributed by atoms with Gasteiger partial charge in [-0.15, -0.1) is 0 Å². The average molecular weight is 323 g/mol. The Morgan fingerprint density at radius 2 is 1.88 bits per heavy atom. The normalized spacial score (nSPS) is 11.8. The fraction of sp³-hybridized carbons (Fsp3) is 0.412. The first-order chi connectivity index (χ1) is 11.7. The van der Waals surface area contributed by atoms with Crippen LogP contribution in [0.15, 0.2) is 18.5 Å². The molecule has 7 heteroatoms. The minimum absolute atomic E-state index is 0.789. The molecule has 0 spiro atoms. The average Bonchev–Trinajstić information content (AvgIpc) is 3.17. The fourth-order valence-corrected chi connectivity index (χ4v) is 3.30. The third-order valence-corrected chi connectivity index (χ3v) is 4.49. The Balaban J connectivity index is 2.21. The van der Waals surface area contributed by atoms with Gasteiger partial charge in [0.2, 0.25) is 0 Å². The summed E-state index contributed by atoms with van der Waals surface area (Å²) in [7, 11) is 0. The molecule has 0 aliphatic rings. The van der Waals surface area contributed by atoms with Gasteiger partial charge in [0.15, 0.2) is 11.3 Å². The molecule has 0 aliphatic heterocycles. The number of fused-ring (bicyclic) bond motifs is 5. The third kappa shape index (κ3) is 1.97. The van der Waals surface area contributed by atoms with Gasteiger partial charge in [0, 0.05) is 31.9 Å². The zero-order valence-electron chi connectivity index (χ0n) is 14.5. The standard InChI is InChI=1S/C17H21N7/c1-5-22(6-2)17-12-9-18-16-13(10-19-23(16)7-3)15(12)24-14(20-17)8-11(4)21-24/h8-10H,5-7H2,1-4H3. The predicted molar refractivity (Wildman–Crippen MR) is 95.6 cm³/mol. The van der Waals surface area contributed by atoms with Crippen LogP contribution < -0.4 is 4.90 Å². The zero-order valence-corrected chi connectivity index (χ0v) is 14.5. The Morgan fingerprint density at radius 1 is 1.08 bits per heavy atom. The van der Waals surface area contributed by atoms with Crippen molar-refractivity contribution in [1.29, 1.82) is 0 Å². The van der Waals surface area contributed by atoms with Crippen LogP contribution in [0.3, 0.4) is 0 Å². The lowest BCUT2D eigenvalue weighted by Gasteiger charge is -2.21. The first kappa shape index (κ1) is 14.9. The van der Waals surface area contributed by atoms with Crippen LogP contribution in [0.2, 0.25) is 0 Å². The quantitative estimate of drug-likeness (QED) is 0.578. The maximum Gasteiger partial charge on any atom is 0.159 e. The van der Waals surface area contributed by atoms with Gasteiger partial charge >= 0.3 is 0 Å². The fourth-order valence-electron chi connectivity index (χ4n) is 3.30. The van der Waals surface area contributed by atoms with Gasteiger partial charge in [-0.25, -0.2) is 19.2 Å². The second-order valence-corrected chi connectivity index (χ2v) is 5.88. The lowest BCUT2D eigenvalue weighted by Crippen LogP contribution is -2.23. The summed E-state index contributed by atoms with van der Waals surface area (Å²) in [4.78, 5) is 11.8. The molecular formula is C17H21N7. The van der Waals surface area contributed by atoms with Gasteiger partial charge in [0.25, 0.3) is 0 Å². The highest BCUT2D eigenvalue weighted by Crippen LogP contribution is 2.30. The van der Waals surface area contributed by atoms with Crippen molar-refractivity contribution in [3.63, 3.8) is 0 Å². The van der Waals surface area contributed by atoms with Gasteiger partial charge in [-0.2, -0.15) is 10.2 Å². The summed E-state index contributed by atoms with van der Waals surface area (Å²) in [6.07, 6.45) is 3.79. The van der Waals surface area contributed by atoms with Crippen LogP contribution in [0.4, 0.5) is 5.82 Å². The number of nitrogens with zero attached hydrogens (tertiary/aromatic N) is 7. The van der Waals surface area contributed by atoms with E-state index in [0.29, 0.717) is 0 Å². The van der Waals surface area contributed by atoms with Gasteiger partial charge in [0.05, 0.1) is 28.2 Å². The van der Waals surface area contributed by atoms with Crippen LogP contribution >= 0.6 is 0 Å². The van der Waals surface area contributed by atoms with Crippen LogP contribution in [0, 0.1) is 6.92 Å². The number of rotatable bonds is 4. The Bertz CT molecular complexity index is 1040. The minimum Gasteiger partial charge on any atom is -0.356 e. The molecule has 0 aliphatic carbocycles. The summed E-state index contributed by atoms with van der Waals surface area (Å²) in [5.41, 5.74) is 3.72. The molecule has 4 aromatic rings. The van der Waals surface area contributed by atoms with Crippen LogP contribution in [0.1, 0.15) is 26.5 Å². The third-order valence-electron chi connectivity index (χ3n) is 4.49. The minimum atomic E-state index is 0.789. The molecule has 0 atom stereocenters. The largest absolute Gasteiger partial charge is 0.356 e. The summed E-state index contributed by atoms with van der Waals surface area (Å²) < 4.78 is 3.83. The molecule has 24 heavy (non-hydrogen) atoms. The van der Waals surface area contributed by atoms with Crippen LogP contribution in [0.5, 0.6) is 0 Å². The van der Waals surface area contributed by atoms with Crippen molar-refractivity contribution in [2.45, 2.75) is 34.2 Å². The zero-order chi connectivity index (χ0) is 16.8. The van der Waals surface area contributed by atoms with Crippen LogP contribution in [-0.4, -0.2) is 42.5 Å². The molecule has 0 bridgehead atoms. The van der Waals surface area contributed by atoms with E-state index < -0.39 is 0 Å². The second-order valence-electron chi connectivity index (χ2n) is 5.88. The predicted octanol–water partition coefficient (Wildman–Crippen LogP) is 2.80. The van der Waals surface area contributed by atoms with E-state index in [9.17, 15) is 0 Å². The van der Waals surface area contributed by atoms with E-state index in [1.807, 2.05) is 34.6 Å². The number of hydrogen-bond acceptors (Lipinski definition) is 5. The lowest BCUT2D eigenvalue weighted by molar-refractivity contribution is 0.677. The molecule has 0 unspecified atom stereocenters. The Kier molecular flexibility index (Phi) is 3.37. The highest BCUT2D eigenvalue weighted by atomic mass is 15.3. The van der Waals surface area contributed by atoms with Gasteiger partial charge < -0.3 is 4.90 Å². The van der Waals surface area contributed by atoms with Crippen molar-refractivity contribution in [3.05, 3.63) is 24.2 Å². The highest BCUT2D eigenvalue weighted by molar-refractivity contribution is 6.06. The van der Waals surface area contributed by atoms with Crippen molar-refractivity contribution in [2.24, 2.45) is 0 Å². The molecule has 4 heterocycles. The van der Waals surface area contributed by atoms with Crippen molar-refractivity contribution in [1.82, 2.24) is 29.4 Å². The molecule has 7 nitrogen and oxygen atoms in total. The lowest BCUT2D eigenvalue weighted by atomic mass is 10.2. The van der Waals surface area contributed by atoms with E-state index in [1.165, 1.54) is 0 Å². The Labute approximate surface area is 139 Å². The number of aryl methyl sites for hydroxylation is 2. The Hall–Kier alpha value is -2.70. The number of hydrogen-bond donors (Lipinski definition) is 0. The van der Waals surface area contributed by atoms with E-state index >= 15 is 0 Å². The summed E-state index contributed by atoms with van der Waals surface area (Å²) >= 11 is 0. The van der Waals surface area contributed by atoms with Crippen molar-refractivity contribution < 1.29 is 0 Å². The summed E-state index contributed by atoms with van der Waals surface area (Å²) in [6.45, 7) is 10.9. The molecular weight excluding hydrogens is 302 g/mol. The van der Waals surface area contributed by atoms with Crippen molar-refractivity contribution >= 4 is 33.4 Å². The molecule has 0 N–H and O–H groups in total. The molecule has 0 amide bonds. The highest BCUT2D eigenvalue weighted by Gasteiger charge is 2.18. The maximum absolute atomic E-state index is 4.86. The van der Waals surface area contributed by atoms with Crippen molar-refractivity contribution in [3.8, 4) is 0 Å². The van der Waals surface area contributed by atoms with E-state index in [1.54, 1.807) is 0 Å². The summed E-state index contributed by atoms with van der Waals surface area (Å²) in [6, 6.07) is 2.02.